The summed E-state index contributed by atoms with van der Waals surface area (Å²) in [4.78, 5) is 18.7. The second-order valence-corrected chi connectivity index (χ2v) is 6.19. The van der Waals surface area contributed by atoms with Gasteiger partial charge in [0.2, 0.25) is 5.91 Å². The summed E-state index contributed by atoms with van der Waals surface area (Å²) >= 11 is 0. The summed E-state index contributed by atoms with van der Waals surface area (Å²) in [5.74, 6) is 1.68. The molecule has 3 rings (SSSR count). The zero-order valence-corrected chi connectivity index (χ0v) is 14.1. The number of rotatable bonds is 5. The Balaban J connectivity index is 1.53. The SMILES string of the molecule is CC1CN(c2ccc(NC(=O)CCc3ccco3)cn2)CC(C)O1. The van der Waals surface area contributed by atoms with Crippen LogP contribution in [0.2, 0.25) is 0 Å². The van der Waals surface area contributed by atoms with Gasteiger partial charge in [0.1, 0.15) is 11.6 Å². The Morgan fingerprint density at radius 1 is 1.29 bits per heavy atom. The normalized spacial score (nSPS) is 20.8. The highest BCUT2D eigenvalue weighted by Crippen LogP contribution is 2.19. The van der Waals surface area contributed by atoms with Gasteiger partial charge in [-0.05, 0) is 38.1 Å². The van der Waals surface area contributed by atoms with Gasteiger partial charge in [-0.1, -0.05) is 0 Å². The topological polar surface area (TPSA) is 67.6 Å². The Morgan fingerprint density at radius 3 is 2.71 bits per heavy atom. The van der Waals surface area contributed by atoms with E-state index in [0.29, 0.717) is 18.5 Å². The zero-order chi connectivity index (χ0) is 16.9. The number of hydrogen-bond acceptors (Lipinski definition) is 5. The van der Waals surface area contributed by atoms with Crippen LogP contribution in [0.25, 0.3) is 0 Å². The molecule has 2 atom stereocenters. The molecule has 0 radical (unpaired) electrons. The Morgan fingerprint density at radius 2 is 2.08 bits per heavy atom. The van der Waals surface area contributed by atoms with Gasteiger partial charge in [-0.25, -0.2) is 4.98 Å². The lowest BCUT2D eigenvalue weighted by Gasteiger charge is -2.36. The van der Waals surface area contributed by atoms with Crippen molar-refractivity contribution >= 4 is 17.4 Å². The number of aromatic nitrogens is 1. The van der Waals surface area contributed by atoms with E-state index < -0.39 is 0 Å². The molecule has 1 amide bonds. The number of anilines is 2. The highest BCUT2D eigenvalue weighted by molar-refractivity contribution is 5.90. The molecule has 6 heteroatoms. The number of carbonyl (C=O) groups is 1. The molecule has 2 aromatic rings. The summed E-state index contributed by atoms with van der Waals surface area (Å²) in [7, 11) is 0. The maximum Gasteiger partial charge on any atom is 0.224 e. The van der Waals surface area contributed by atoms with Crippen molar-refractivity contribution in [1.29, 1.82) is 0 Å². The third-order valence-electron chi connectivity index (χ3n) is 3.95. The Kier molecular flexibility index (Phi) is 5.15. The summed E-state index contributed by atoms with van der Waals surface area (Å²) in [6, 6.07) is 7.52. The lowest BCUT2D eigenvalue weighted by molar-refractivity contribution is -0.116. The Bertz CT molecular complexity index is 645. The quantitative estimate of drug-likeness (QED) is 0.913. The van der Waals surface area contributed by atoms with Gasteiger partial charge in [0.25, 0.3) is 0 Å². The van der Waals surface area contributed by atoms with Crippen LogP contribution >= 0.6 is 0 Å². The average Bonchev–Trinajstić information content (AvgIpc) is 3.06. The predicted molar refractivity (Wildman–Crippen MR) is 92.1 cm³/mol. The van der Waals surface area contributed by atoms with Gasteiger partial charge in [0.05, 0.1) is 30.4 Å². The van der Waals surface area contributed by atoms with Crippen molar-refractivity contribution in [3.05, 3.63) is 42.5 Å². The number of carbonyl (C=O) groups excluding carboxylic acids is 1. The lowest BCUT2D eigenvalue weighted by Crippen LogP contribution is -2.45. The number of pyridine rings is 1. The van der Waals surface area contributed by atoms with Gasteiger partial charge in [0, 0.05) is 25.9 Å². The largest absolute Gasteiger partial charge is 0.469 e. The summed E-state index contributed by atoms with van der Waals surface area (Å²) in [5, 5.41) is 2.87. The van der Waals surface area contributed by atoms with Crippen molar-refractivity contribution < 1.29 is 13.9 Å². The predicted octanol–water partition coefficient (Wildman–Crippen LogP) is 2.86. The van der Waals surface area contributed by atoms with Crippen molar-refractivity contribution in [2.24, 2.45) is 0 Å². The molecule has 0 bridgehead atoms. The Labute approximate surface area is 141 Å². The van der Waals surface area contributed by atoms with Crippen LogP contribution in [0.4, 0.5) is 11.5 Å². The van der Waals surface area contributed by atoms with Crippen molar-refractivity contribution in [2.75, 3.05) is 23.3 Å². The zero-order valence-electron chi connectivity index (χ0n) is 14.1. The second-order valence-electron chi connectivity index (χ2n) is 6.19. The second kappa shape index (κ2) is 7.49. The molecule has 0 aliphatic carbocycles. The van der Waals surface area contributed by atoms with Gasteiger partial charge in [0.15, 0.2) is 0 Å². The fourth-order valence-electron chi connectivity index (χ4n) is 2.93. The molecule has 1 aliphatic heterocycles. The standard InChI is InChI=1S/C18H23N3O3/c1-13-11-21(12-14(2)24-13)17-7-5-15(10-19-17)20-18(22)8-6-16-4-3-9-23-16/h3-5,7,9-10,13-14H,6,8,11-12H2,1-2H3,(H,20,22). The first-order valence-electron chi connectivity index (χ1n) is 8.29. The number of nitrogens with one attached hydrogen (secondary N) is 1. The van der Waals surface area contributed by atoms with Crippen LogP contribution in [0.5, 0.6) is 0 Å². The van der Waals surface area contributed by atoms with Crippen LogP contribution in [-0.2, 0) is 16.0 Å². The van der Waals surface area contributed by atoms with Gasteiger partial charge in [-0.2, -0.15) is 0 Å². The minimum absolute atomic E-state index is 0.0467. The summed E-state index contributed by atoms with van der Waals surface area (Å²) < 4.78 is 11.0. The summed E-state index contributed by atoms with van der Waals surface area (Å²) in [6.45, 7) is 5.78. The number of furan rings is 1. The van der Waals surface area contributed by atoms with E-state index in [2.05, 4.69) is 29.0 Å². The molecule has 3 heterocycles. The molecule has 0 saturated carbocycles. The number of amides is 1. The van der Waals surface area contributed by atoms with Crippen molar-refractivity contribution in [2.45, 2.75) is 38.9 Å². The molecule has 24 heavy (non-hydrogen) atoms. The maximum absolute atomic E-state index is 12.0. The molecule has 0 aromatic carbocycles. The summed E-state index contributed by atoms with van der Waals surface area (Å²) in [6.07, 6.45) is 4.67. The van der Waals surface area contributed by atoms with E-state index in [0.717, 1.165) is 24.7 Å². The first kappa shape index (κ1) is 16.5. The fraction of sp³-hybridized carbons (Fsp3) is 0.444. The Hall–Kier alpha value is -2.34. The first-order valence-corrected chi connectivity index (χ1v) is 8.29. The molecule has 6 nitrogen and oxygen atoms in total. The van der Waals surface area contributed by atoms with Crippen molar-refractivity contribution in [3.63, 3.8) is 0 Å². The van der Waals surface area contributed by atoms with Crippen LogP contribution in [0, 0.1) is 0 Å². The molecular weight excluding hydrogens is 306 g/mol. The van der Waals surface area contributed by atoms with Gasteiger partial charge >= 0.3 is 0 Å². The molecule has 1 aliphatic rings. The monoisotopic (exact) mass is 329 g/mol. The summed E-state index contributed by atoms with van der Waals surface area (Å²) in [5.41, 5.74) is 0.706. The number of ether oxygens (including phenoxy) is 1. The van der Waals surface area contributed by atoms with Crippen molar-refractivity contribution in [1.82, 2.24) is 4.98 Å². The molecule has 1 N–H and O–H groups in total. The third-order valence-corrected chi connectivity index (χ3v) is 3.95. The van der Waals surface area contributed by atoms with Crippen LogP contribution in [0.1, 0.15) is 26.0 Å². The van der Waals surface area contributed by atoms with E-state index in [1.165, 1.54) is 0 Å². The molecule has 0 spiro atoms. The van der Waals surface area contributed by atoms with E-state index in [1.807, 2.05) is 24.3 Å². The minimum atomic E-state index is -0.0467. The van der Waals surface area contributed by atoms with Crippen molar-refractivity contribution in [3.8, 4) is 0 Å². The molecule has 2 aromatic heterocycles. The van der Waals surface area contributed by atoms with E-state index in [9.17, 15) is 4.79 Å². The van der Waals surface area contributed by atoms with Crippen LogP contribution in [0.15, 0.2) is 41.1 Å². The molecule has 2 unspecified atom stereocenters. The highest BCUT2D eigenvalue weighted by atomic mass is 16.5. The van der Waals surface area contributed by atoms with E-state index in [1.54, 1.807) is 12.5 Å². The molecule has 128 valence electrons. The average molecular weight is 329 g/mol. The van der Waals surface area contributed by atoms with E-state index in [-0.39, 0.29) is 18.1 Å². The first-order chi connectivity index (χ1) is 11.6. The van der Waals surface area contributed by atoms with E-state index >= 15 is 0 Å². The molecule has 1 saturated heterocycles. The molecular formula is C18H23N3O3. The fourth-order valence-corrected chi connectivity index (χ4v) is 2.93. The lowest BCUT2D eigenvalue weighted by atomic mass is 10.2. The van der Waals surface area contributed by atoms with Gasteiger partial charge < -0.3 is 19.4 Å². The van der Waals surface area contributed by atoms with Gasteiger partial charge in [-0.15, -0.1) is 0 Å². The molecule has 1 fully saturated rings. The highest BCUT2D eigenvalue weighted by Gasteiger charge is 2.23. The van der Waals surface area contributed by atoms with Crippen LogP contribution < -0.4 is 10.2 Å². The van der Waals surface area contributed by atoms with E-state index in [4.69, 9.17) is 9.15 Å². The number of morpholine rings is 1. The number of nitrogens with zero attached hydrogens (tertiary/aromatic N) is 2. The smallest absolute Gasteiger partial charge is 0.224 e. The number of aryl methyl sites for hydroxylation is 1. The number of hydrogen-bond donors (Lipinski definition) is 1. The minimum Gasteiger partial charge on any atom is -0.469 e. The van der Waals surface area contributed by atoms with Crippen LogP contribution in [-0.4, -0.2) is 36.2 Å². The van der Waals surface area contributed by atoms with Crippen LogP contribution in [0.3, 0.4) is 0 Å². The van der Waals surface area contributed by atoms with Gasteiger partial charge in [-0.3, -0.25) is 4.79 Å². The third kappa shape index (κ3) is 4.35. The maximum atomic E-state index is 12.0.